The fraction of sp³-hybridized carbons (Fsp3) is 0.136. The largest absolute Gasteiger partial charge is 0.488 e. The van der Waals surface area contributed by atoms with Crippen LogP contribution in [0.5, 0.6) is 5.75 Å². The van der Waals surface area contributed by atoms with Crippen LogP contribution in [0.15, 0.2) is 76.2 Å². The smallest absolute Gasteiger partial charge is 0.128 e. The lowest BCUT2D eigenvalue weighted by Gasteiger charge is -2.10. The Morgan fingerprint density at radius 3 is 2.56 bits per heavy atom. The van der Waals surface area contributed by atoms with Crippen LogP contribution in [-0.4, -0.2) is 6.21 Å². The summed E-state index contributed by atoms with van der Waals surface area (Å²) >= 11 is 3.53. The Morgan fingerprint density at radius 2 is 1.76 bits per heavy atom. The molecule has 0 unspecified atom stereocenters. The van der Waals surface area contributed by atoms with E-state index in [-0.39, 0.29) is 0 Å². The van der Waals surface area contributed by atoms with Gasteiger partial charge < -0.3 is 4.74 Å². The van der Waals surface area contributed by atoms with E-state index >= 15 is 0 Å². The minimum Gasteiger partial charge on any atom is -0.488 e. The van der Waals surface area contributed by atoms with Gasteiger partial charge in [0.15, 0.2) is 0 Å². The highest BCUT2D eigenvalue weighted by Crippen LogP contribution is 2.25. The fourth-order valence-electron chi connectivity index (χ4n) is 2.50. The Morgan fingerprint density at radius 1 is 0.960 bits per heavy atom. The zero-order valence-electron chi connectivity index (χ0n) is 14.4. The molecule has 0 aliphatic carbocycles. The van der Waals surface area contributed by atoms with Gasteiger partial charge in [0.2, 0.25) is 0 Å². The molecule has 0 amide bonds. The third-order valence-electron chi connectivity index (χ3n) is 4.13. The molecule has 0 heterocycles. The molecule has 0 saturated carbocycles. The molecule has 0 aliphatic rings. The van der Waals surface area contributed by atoms with Crippen molar-refractivity contribution in [3.63, 3.8) is 0 Å². The molecular formula is C22H20BrNO. The lowest BCUT2D eigenvalue weighted by molar-refractivity contribution is 0.306. The maximum absolute atomic E-state index is 6.01. The quantitative estimate of drug-likeness (QED) is 0.459. The minimum atomic E-state index is 0.535. The second-order valence-electron chi connectivity index (χ2n) is 5.93. The number of rotatable bonds is 5. The standard InChI is InChI=1S/C22H20BrNO/c1-16-7-6-10-21(17(16)2)24-14-19-13-20(23)11-12-22(19)25-15-18-8-4-3-5-9-18/h3-14H,15H2,1-2H3. The van der Waals surface area contributed by atoms with Crippen LogP contribution in [0.4, 0.5) is 5.69 Å². The van der Waals surface area contributed by atoms with Crippen LogP contribution in [-0.2, 0) is 6.61 Å². The average molecular weight is 394 g/mol. The Labute approximate surface area is 157 Å². The lowest BCUT2D eigenvalue weighted by Crippen LogP contribution is -1.98. The van der Waals surface area contributed by atoms with E-state index in [0.29, 0.717) is 6.61 Å². The van der Waals surface area contributed by atoms with Crippen molar-refractivity contribution in [3.8, 4) is 5.75 Å². The predicted octanol–water partition coefficient (Wildman–Crippen LogP) is 6.40. The summed E-state index contributed by atoms with van der Waals surface area (Å²) in [5.41, 5.74) is 5.51. The summed E-state index contributed by atoms with van der Waals surface area (Å²) in [5.74, 6) is 0.820. The van der Waals surface area contributed by atoms with E-state index in [1.165, 1.54) is 11.1 Å². The van der Waals surface area contributed by atoms with Crippen LogP contribution in [0.1, 0.15) is 22.3 Å². The normalized spacial score (nSPS) is 11.0. The lowest BCUT2D eigenvalue weighted by atomic mass is 10.1. The summed E-state index contributed by atoms with van der Waals surface area (Å²) < 4.78 is 7.01. The summed E-state index contributed by atoms with van der Waals surface area (Å²) in [6.07, 6.45) is 1.87. The number of hydrogen-bond acceptors (Lipinski definition) is 2. The van der Waals surface area contributed by atoms with E-state index in [4.69, 9.17) is 4.74 Å². The Balaban J connectivity index is 1.84. The van der Waals surface area contributed by atoms with E-state index in [1.54, 1.807) is 0 Å². The van der Waals surface area contributed by atoms with E-state index in [2.05, 4.69) is 53.0 Å². The summed E-state index contributed by atoms with van der Waals surface area (Å²) in [7, 11) is 0. The van der Waals surface area contributed by atoms with E-state index in [1.807, 2.05) is 54.7 Å². The second-order valence-corrected chi connectivity index (χ2v) is 6.85. The van der Waals surface area contributed by atoms with Crippen molar-refractivity contribution in [3.05, 3.63) is 93.5 Å². The van der Waals surface area contributed by atoms with Crippen molar-refractivity contribution < 1.29 is 4.74 Å². The molecule has 0 N–H and O–H groups in total. The van der Waals surface area contributed by atoms with Crippen molar-refractivity contribution in [1.29, 1.82) is 0 Å². The van der Waals surface area contributed by atoms with Gasteiger partial charge in [0, 0.05) is 16.3 Å². The molecular weight excluding hydrogens is 374 g/mol. The molecule has 25 heavy (non-hydrogen) atoms. The number of halogens is 1. The number of benzene rings is 3. The van der Waals surface area contributed by atoms with Crippen molar-refractivity contribution in [2.24, 2.45) is 4.99 Å². The number of aryl methyl sites for hydroxylation is 1. The van der Waals surface area contributed by atoms with Crippen LogP contribution in [0.25, 0.3) is 0 Å². The molecule has 0 fully saturated rings. The van der Waals surface area contributed by atoms with Gasteiger partial charge in [-0.2, -0.15) is 0 Å². The number of ether oxygens (including phenoxy) is 1. The van der Waals surface area contributed by atoms with E-state index in [9.17, 15) is 0 Å². The van der Waals surface area contributed by atoms with Crippen molar-refractivity contribution in [2.75, 3.05) is 0 Å². The third-order valence-corrected chi connectivity index (χ3v) is 4.62. The summed E-state index contributed by atoms with van der Waals surface area (Å²) in [5, 5.41) is 0. The van der Waals surface area contributed by atoms with Gasteiger partial charge in [0.25, 0.3) is 0 Å². The summed E-state index contributed by atoms with van der Waals surface area (Å²) in [4.78, 5) is 4.67. The Bertz CT molecular complexity index is 888. The van der Waals surface area contributed by atoms with Crippen LogP contribution in [0.2, 0.25) is 0 Å². The highest BCUT2D eigenvalue weighted by Gasteiger charge is 2.04. The topological polar surface area (TPSA) is 21.6 Å². The van der Waals surface area contributed by atoms with Gasteiger partial charge in [0.05, 0.1) is 5.69 Å². The minimum absolute atomic E-state index is 0.535. The van der Waals surface area contributed by atoms with Gasteiger partial charge in [-0.25, -0.2) is 0 Å². The van der Waals surface area contributed by atoms with Crippen molar-refractivity contribution in [2.45, 2.75) is 20.5 Å². The zero-order valence-corrected chi connectivity index (χ0v) is 16.0. The first-order valence-corrected chi connectivity index (χ1v) is 8.99. The highest BCUT2D eigenvalue weighted by atomic mass is 79.9. The first-order valence-electron chi connectivity index (χ1n) is 8.20. The SMILES string of the molecule is Cc1cccc(N=Cc2cc(Br)ccc2OCc2ccccc2)c1C. The molecule has 0 aliphatic heterocycles. The molecule has 0 spiro atoms. The second kappa shape index (κ2) is 8.13. The molecule has 3 aromatic carbocycles. The Kier molecular flexibility index (Phi) is 5.67. The predicted molar refractivity (Wildman–Crippen MR) is 108 cm³/mol. The number of hydrogen-bond donors (Lipinski definition) is 0. The summed E-state index contributed by atoms with van der Waals surface area (Å²) in [6.45, 7) is 4.73. The molecule has 2 nitrogen and oxygen atoms in total. The zero-order chi connectivity index (χ0) is 17.6. The van der Waals surface area contributed by atoms with E-state index in [0.717, 1.165) is 27.0 Å². The first kappa shape index (κ1) is 17.4. The molecule has 0 saturated heterocycles. The van der Waals surface area contributed by atoms with Crippen molar-refractivity contribution in [1.82, 2.24) is 0 Å². The maximum atomic E-state index is 6.01. The van der Waals surface area contributed by atoms with Gasteiger partial charge in [-0.05, 0) is 54.8 Å². The van der Waals surface area contributed by atoms with Crippen molar-refractivity contribution >= 4 is 27.8 Å². The molecule has 0 aromatic heterocycles. The highest BCUT2D eigenvalue weighted by molar-refractivity contribution is 9.10. The first-order chi connectivity index (χ1) is 12.1. The van der Waals surface area contributed by atoms with Gasteiger partial charge >= 0.3 is 0 Å². The fourth-order valence-corrected chi connectivity index (χ4v) is 2.88. The molecule has 3 rings (SSSR count). The Hall–Kier alpha value is -2.39. The van der Waals surface area contributed by atoms with Gasteiger partial charge in [0.1, 0.15) is 12.4 Å². The average Bonchev–Trinajstić information content (AvgIpc) is 2.63. The molecule has 3 aromatic rings. The molecule has 0 bridgehead atoms. The number of aliphatic imine (C=N–C) groups is 1. The number of nitrogens with zero attached hydrogens (tertiary/aromatic N) is 1. The van der Waals surface area contributed by atoms with E-state index < -0.39 is 0 Å². The molecule has 3 heteroatoms. The molecule has 0 radical (unpaired) electrons. The maximum Gasteiger partial charge on any atom is 0.128 e. The van der Waals surface area contributed by atoms with Crippen LogP contribution in [0.3, 0.4) is 0 Å². The van der Waals surface area contributed by atoms with Gasteiger partial charge in [-0.1, -0.05) is 58.4 Å². The molecule has 0 atom stereocenters. The monoisotopic (exact) mass is 393 g/mol. The van der Waals surface area contributed by atoms with Gasteiger partial charge in [-0.3, -0.25) is 4.99 Å². The van der Waals surface area contributed by atoms with Crippen LogP contribution < -0.4 is 4.74 Å². The van der Waals surface area contributed by atoms with Gasteiger partial charge in [-0.15, -0.1) is 0 Å². The summed E-state index contributed by atoms with van der Waals surface area (Å²) in [6, 6.07) is 22.3. The van der Waals surface area contributed by atoms with Crippen LogP contribution in [0, 0.1) is 13.8 Å². The molecule has 126 valence electrons. The third kappa shape index (κ3) is 4.58. The van der Waals surface area contributed by atoms with Crippen LogP contribution >= 0.6 is 15.9 Å².